The largest absolute Gasteiger partial charge is 0.484 e. The van der Waals surface area contributed by atoms with Crippen molar-refractivity contribution in [2.45, 2.75) is 32.9 Å². The fourth-order valence-corrected chi connectivity index (χ4v) is 2.77. The van der Waals surface area contributed by atoms with E-state index < -0.39 is 11.2 Å². The molecule has 0 aliphatic carbocycles. The summed E-state index contributed by atoms with van der Waals surface area (Å²) in [5.74, 6) is 0.938. The van der Waals surface area contributed by atoms with Crippen LogP contribution in [0.25, 0.3) is 11.2 Å². The third-order valence-corrected chi connectivity index (χ3v) is 4.21. The van der Waals surface area contributed by atoms with Crippen LogP contribution in [0.4, 0.5) is 0 Å². The van der Waals surface area contributed by atoms with Crippen molar-refractivity contribution in [3.63, 3.8) is 0 Å². The van der Waals surface area contributed by atoms with Gasteiger partial charge in [-0.2, -0.15) is 5.26 Å². The van der Waals surface area contributed by atoms with Gasteiger partial charge in [0.2, 0.25) is 0 Å². The molecule has 0 fully saturated rings. The molecule has 26 heavy (non-hydrogen) atoms. The molecule has 0 saturated heterocycles. The molecular weight excluding hydrogens is 334 g/mol. The number of nitrogens with one attached hydrogen (secondary N) is 1. The lowest BCUT2D eigenvalue weighted by Gasteiger charge is -2.07. The third-order valence-electron chi connectivity index (χ3n) is 4.21. The Balaban J connectivity index is 2.01. The maximum atomic E-state index is 12.2. The first-order chi connectivity index (χ1) is 12.6. The number of H-pyrrole nitrogens is 1. The van der Waals surface area contributed by atoms with E-state index in [-0.39, 0.29) is 6.61 Å². The summed E-state index contributed by atoms with van der Waals surface area (Å²) < 4.78 is 8.81. The SMILES string of the molecule is CCCCn1c(=O)[nH]c(=O)c2c1nc(COc1ccccc1C#N)n2C. The Labute approximate surface area is 149 Å². The van der Waals surface area contributed by atoms with E-state index in [1.807, 2.05) is 6.92 Å². The first kappa shape index (κ1) is 17.5. The van der Waals surface area contributed by atoms with E-state index in [2.05, 4.69) is 16.0 Å². The Hall–Kier alpha value is -3.34. The molecule has 0 radical (unpaired) electrons. The van der Waals surface area contributed by atoms with E-state index in [0.29, 0.717) is 34.8 Å². The number of ether oxygens (including phenoxy) is 1. The number of aryl methyl sites for hydroxylation is 2. The molecule has 0 unspecified atom stereocenters. The van der Waals surface area contributed by atoms with Gasteiger partial charge in [0.1, 0.15) is 24.3 Å². The number of hydrogen-bond acceptors (Lipinski definition) is 5. The van der Waals surface area contributed by atoms with Gasteiger partial charge in [0.15, 0.2) is 11.2 Å². The second-order valence-electron chi connectivity index (χ2n) is 5.92. The molecule has 8 nitrogen and oxygen atoms in total. The fourth-order valence-electron chi connectivity index (χ4n) is 2.77. The molecule has 0 amide bonds. The number of nitriles is 1. The van der Waals surface area contributed by atoms with Gasteiger partial charge in [-0.25, -0.2) is 9.78 Å². The third kappa shape index (κ3) is 3.11. The highest BCUT2D eigenvalue weighted by molar-refractivity contribution is 5.70. The Morgan fingerprint density at radius 3 is 2.81 bits per heavy atom. The smallest absolute Gasteiger partial charge is 0.330 e. The summed E-state index contributed by atoms with van der Waals surface area (Å²) in [4.78, 5) is 31.2. The summed E-state index contributed by atoms with van der Waals surface area (Å²) >= 11 is 0. The van der Waals surface area contributed by atoms with Gasteiger partial charge in [0, 0.05) is 13.6 Å². The van der Waals surface area contributed by atoms with Crippen LogP contribution in [0, 0.1) is 11.3 Å². The molecule has 0 aliphatic rings. The predicted molar refractivity (Wildman–Crippen MR) is 96.0 cm³/mol. The highest BCUT2D eigenvalue weighted by Gasteiger charge is 2.17. The molecule has 2 heterocycles. The van der Waals surface area contributed by atoms with Crippen molar-refractivity contribution in [2.24, 2.45) is 7.05 Å². The summed E-state index contributed by atoms with van der Waals surface area (Å²) in [6.45, 7) is 2.58. The standard InChI is InChI=1S/C18H19N5O3/c1-3-4-9-23-16-15(17(24)21-18(23)25)22(2)14(20-16)11-26-13-8-6-5-7-12(13)10-19/h5-8H,3-4,9,11H2,1-2H3,(H,21,24,25). The summed E-state index contributed by atoms with van der Waals surface area (Å²) in [6, 6.07) is 8.97. The summed E-state index contributed by atoms with van der Waals surface area (Å²) in [6.07, 6.45) is 1.72. The number of imidazole rings is 1. The summed E-state index contributed by atoms with van der Waals surface area (Å²) in [5, 5.41) is 9.14. The highest BCUT2D eigenvalue weighted by Crippen LogP contribution is 2.19. The van der Waals surface area contributed by atoms with Gasteiger partial charge in [-0.05, 0) is 18.6 Å². The lowest BCUT2D eigenvalue weighted by atomic mass is 10.2. The molecule has 2 aromatic heterocycles. The number of hydrogen-bond donors (Lipinski definition) is 1. The molecule has 0 bridgehead atoms. The van der Waals surface area contributed by atoms with Crippen molar-refractivity contribution in [3.8, 4) is 11.8 Å². The van der Waals surface area contributed by atoms with Crippen LogP contribution in [0.15, 0.2) is 33.9 Å². The van der Waals surface area contributed by atoms with E-state index in [1.165, 1.54) is 4.57 Å². The number of nitrogens with zero attached hydrogens (tertiary/aromatic N) is 4. The molecule has 134 valence electrons. The number of para-hydroxylation sites is 1. The minimum Gasteiger partial charge on any atom is -0.484 e. The van der Waals surface area contributed by atoms with E-state index in [1.54, 1.807) is 35.9 Å². The van der Waals surface area contributed by atoms with Crippen LogP contribution in [0.5, 0.6) is 5.75 Å². The Bertz CT molecular complexity index is 1100. The van der Waals surface area contributed by atoms with Crippen molar-refractivity contribution in [2.75, 3.05) is 0 Å². The molecule has 0 aliphatic heterocycles. The van der Waals surface area contributed by atoms with Gasteiger partial charge in [-0.15, -0.1) is 0 Å². The van der Waals surface area contributed by atoms with Crippen molar-refractivity contribution in [1.29, 1.82) is 5.26 Å². The molecule has 8 heteroatoms. The lowest BCUT2D eigenvalue weighted by Crippen LogP contribution is -2.31. The summed E-state index contributed by atoms with van der Waals surface area (Å²) in [5.41, 5.74) is 0.159. The van der Waals surface area contributed by atoms with E-state index in [4.69, 9.17) is 10.00 Å². The number of rotatable bonds is 6. The maximum absolute atomic E-state index is 12.2. The van der Waals surface area contributed by atoms with Crippen LogP contribution in [0.2, 0.25) is 0 Å². The first-order valence-corrected chi connectivity index (χ1v) is 8.37. The van der Waals surface area contributed by atoms with Crippen molar-refractivity contribution < 1.29 is 4.74 Å². The van der Waals surface area contributed by atoms with Gasteiger partial charge < -0.3 is 9.30 Å². The maximum Gasteiger partial charge on any atom is 0.330 e. The zero-order chi connectivity index (χ0) is 18.7. The molecule has 0 atom stereocenters. The normalized spacial score (nSPS) is 10.8. The molecule has 0 spiro atoms. The van der Waals surface area contributed by atoms with E-state index in [9.17, 15) is 9.59 Å². The van der Waals surface area contributed by atoms with Crippen LogP contribution in [-0.2, 0) is 20.2 Å². The average molecular weight is 353 g/mol. The molecule has 1 aromatic carbocycles. The average Bonchev–Trinajstić information content (AvgIpc) is 2.97. The number of fused-ring (bicyclic) bond motifs is 1. The molecular formula is C18H19N5O3. The van der Waals surface area contributed by atoms with Gasteiger partial charge in [-0.1, -0.05) is 25.5 Å². The Morgan fingerprint density at radius 1 is 1.31 bits per heavy atom. The minimum absolute atomic E-state index is 0.0747. The monoisotopic (exact) mass is 353 g/mol. The zero-order valence-corrected chi connectivity index (χ0v) is 14.7. The quantitative estimate of drug-likeness (QED) is 0.726. The van der Waals surface area contributed by atoms with Crippen LogP contribution >= 0.6 is 0 Å². The molecule has 3 rings (SSSR count). The second-order valence-corrected chi connectivity index (χ2v) is 5.92. The molecule has 1 N–H and O–H groups in total. The van der Waals surface area contributed by atoms with Crippen molar-refractivity contribution in [3.05, 3.63) is 56.5 Å². The van der Waals surface area contributed by atoms with Crippen LogP contribution < -0.4 is 16.0 Å². The number of aromatic nitrogens is 4. The first-order valence-electron chi connectivity index (χ1n) is 8.37. The lowest BCUT2D eigenvalue weighted by molar-refractivity contribution is 0.291. The minimum atomic E-state index is -0.476. The number of aromatic amines is 1. The van der Waals surface area contributed by atoms with Crippen molar-refractivity contribution >= 4 is 11.2 Å². The van der Waals surface area contributed by atoms with Crippen molar-refractivity contribution in [1.82, 2.24) is 19.1 Å². The van der Waals surface area contributed by atoms with Gasteiger partial charge in [-0.3, -0.25) is 14.3 Å². The topological polar surface area (TPSA) is 106 Å². The van der Waals surface area contributed by atoms with Gasteiger partial charge in [0.25, 0.3) is 5.56 Å². The Morgan fingerprint density at radius 2 is 2.08 bits per heavy atom. The van der Waals surface area contributed by atoms with Crippen LogP contribution in [0.1, 0.15) is 31.2 Å². The fraction of sp³-hybridized carbons (Fsp3) is 0.333. The zero-order valence-electron chi connectivity index (χ0n) is 14.7. The Kier molecular flexibility index (Phi) is 4.89. The van der Waals surface area contributed by atoms with Gasteiger partial charge in [0.05, 0.1) is 5.56 Å². The molecule has 3 aromatic rings. The highest BCUT2D eigenvalue weighted by atomic mass is 16.5. The van der Waals surface area contributed by atoms with E-state index >= 15 is 0 Å². The summed E-state index contributed by atoms with van der Waals surface area (Å²) in [7, 11) is 1.70. The second kappa shape index (κ2) is 7.27. The number of unbranched alkanes of at least 4 members (excludes halogenated alkanes) is 1. The predicted octanol–water partition coefficient (Wildman–Crippen LogP) is 1.67. The van der Waals surface area contributed by atoms with Crippen LogP contribution in [0.3, 0.4) is 0 Å². The van der Waals surface area contributed by atoms with E-state index in [0.717, 1.165) is 12.8 Å². The molecule has 0 saturated carbocycles. The number of benzene rings is 1. The van der Waals surface area contributed by atoms with Gasteiger partial charge >= 0.3 is 5.69 Å². The van der Waals surface area contributed by atoms with Crippen LogP contribution in [-0.4, -0.2) is 19.1 Å².